The number of nitrogens with one attached hydrogen (secondary N) is 2. The average molecular weight is 365 g/mol. The molecule has 0 unspecified atom stereocenters. The van der Waals surface area contributed by atoms with Crippen molar-refractivity contribution in [3.05, 3.63) is 60.5 Å². The lowest BCUT2D eigenvalue weighted by Gasteiger charge is -2.27. The standard InChI is InChI=1S/C20H23N5O2/c26-20(22-10-13-24-11-8-21-9-12-24)18-15-17(19-7-4-14-27-19)23-25(18)16-5-2-1-3-6-16/h1-7,14-15,21H,8-13H2,(H,22,26). The third-order valence-corrected chi connectivity index (χ3v) is 4.64. The number of para-hydroxylation sites is 1. The molecule has 7 heteroatoms. The zero-order valence-electron chi connectivity index (χ0n) is 15.1. The summed E-state index contributed by atoms with van der Waals surface area (Å²) in [5.41, 5.74) is 1.96. The number of benzene rings is 1. The molecule has 1 amide bonds. The Morgan fingerprint density at radius 1 is 1.15 bits per heavy atom. The van der Waals surface area contributed by atoms with Gasteiger partial charge in [-0.25, -0.2) is 4.68 Å². The number of rotatable bonds is 6. The van der Waals surface area contributed by atoms with Crippen molar-refractivity contribution < 1.29 is 9.21 Å². The van der Waals surface area contributed by atoms with Crippen molar-refractivity contribution in [2.45, 2.75) is 0 Å². The van der Waals surface area contributed by atoms with Crippen LogP contribution in [0.4, 0.5) is 0 Å². The second-order valence-corrected chi connectivity index (χ2v) is 6.49. The predicted molar refractivity (Wildman–Crippen MR) is 103 cm³/mol. The molecular weight excluding hydrogens is 342 g/mol. The van der Waals surface area contributed by atoms with E-state index in [1.54, 1.807) is 17.0 Å². The number of nitrogens with zero attached hydrogens (tertiary/aromatic N) is 3. The first-order chi connectivity index (χ1) is 13.3. The number of furan rings is 1. The van der Waals surface area contributed by atoms with E-state index in [4.69, 9.17) is 4.42 Å². The van der Waals surface area contributed by atoms with Crippen LogP contribution < -0.4 is 10.6 Å². The minimum Gasteiger partial charge on any atom is -0.463 e. The highest BCUT2D eigenvalue weighted by atomic mass is 16.3. The van der Waals surface area contributed by atoms with E-state index in [2.05, 4.69) is 20.6 Å². The van der Waals surface area contributed by atoms with Crippen LogP contribution >= 0.6 is 0 Å². The quantitative estimate of drug-likeness (QED) is 0.696. The van der Waals surface area contributed by atoms with Crippen molar-refractivity contribution in [3.63, 3.8) is 0 Å². The predicted octanol–water partition coefficient (Wildman–Crippen LogP) is 1.77. The van der Waals surface area contributed by atoms with Crippen LogP contribution in [0.5, 0.6) is 0 Å². The van der Waals surface area contributed by atoms with Gasteiger partial charge in [-0.1, -0.05) is 18.2 Å². The van der Waals surface area contributed by atoms with E-state index in [0.29, 0.717) is 23.7 Å². The van der Waals surface area contributed by atoms with Crippen LogP contribution in [-0.2, 0) is 0 Å². The molecule has 4 rings (SSSR count). The van der Waals surface area contributed by atoms with Gasteiger partial charge in [-0.3, -0.25) is 9.69 Å². The number of amides is 1. The minimum absolute atomic E-state index is 0.140. The van der Waals surface area contributed by atoms with Crippen molar-refractivity contribution in [1.82, 2.24) is 25.3 Å². The van der Waals surface area contributed by atoms with E-state index >= 15 is 0 Å². The van der Waals surface area contributed by atoms with Crippen LogP contribution in [0.25, 0.3) is 17.1 Å². The number of piperazine rings is 1. The summed E-state index contributed by atoms with van der Waals surface area (Å²) in [6, 6.07) is 15.1. The first-order valence-corrected chi connectivity index (χ1v) is 9.22. The molecule has 0 saturated carbocycles. The Hall–Kier alpha value is -2.90. The van der Waals surface area contributed by atoms with Crippen LogP contribution in [0.1, 0.15) is 10.5 Å². The van der Waals surface area contributed by atoms with Gasteiger partial charge in [0.05, 0.1) is 12.0 Å². The van der Waals surface area contributed by atoms with E-state index in [1.165, 1.54) is 0 Å². The molecule has 7 nitrogen and oxygen atoms in total. The number of hydrogen-bond acceptors (Lipinski definition) is 5. The lowest BCUT2D eigenvalue weighted by molar-refractivity contribution is 0.0939. The Labute approximate surface area is 158 Å². The van der Waals surface area contributed by atoms with Gasteiger partial charge in [-0.15, -0.1) is 0 Å². The first-order valence-electron chi connectivity index (χ1n) is 9.22. The SMILES string of the molecule is O=C(NCCN1CCNCC1)c1cc(-c2ccco2)nn1-c1ccccc1. The maximum absolute atomic E-state index is 12.8. The van der Waals surface area contributed by atoms with Gasteiger partial charge in [0.2, 0.25) is 0 Å². The summed E-state index contributed by atoms with van der Waals surface area (Å²) in [5.74, 6) is 0.499. The van der Waals surface area contributed by atoms with Crippen LogP contribution in [0.2, 0.25) is 0 Å². The fraction of sp³-hybridized carbons (Fsp3) is 0.300. The third kappa shape index (κ3) is 4.10. The number of carbonyl (C=O) groups excluding carboxylic acids is 1. The fourth-order valence-corrected chi connectivity index (χ4v) is 3.21. The van der Waals surface area contributed by atoms with Crippen molar-refractivity contribution in [3.8, 4) is 17.1 Å². The number of hydrogen-bond donors (Lipinski definition) is 2. The van der Waals surface area contributed by atoms with Crippen molar-refractivity contribution in [2.75, 3.05) is 39.3 Å². The monoisotopic (exact) mass is 365 g/mol. The highest BCUT2D eigenvalue weighted by Gasteiger charge is 2.19. The zero-order chi connectivity index (χ0) is 18.5. The molecule has 3 heterocycles. The normalized spacial score (nSPS) is 15.0. The number of aromatic nitrogens is 2. The summed E-state index contributed by atoms with van der Waals surface area (Å²) >= 11 is 0. The second-order valence-electron chi connectivity index (χ2n) is 6.49. The highest BCUT2D eigenvalue weighted by molar-refractivity contribution is 5.94. The highest BCUT2D eigenvalue weighted by Crippen LogP contribution is 2.22. The molecule has 140 valence electrons. The van der Waals surface area contributed by atoms with E-state index in [-0.39, 0.29) is 5.91 Å². The van der Waals surface area contributed by atoms with Gasteiger partial charge in [-0.05, 0) is 24.3 Å². The molecule has 3 aromatic rings. The van der Waals surface area contributed by atoms with Crippen LogP contribution in [0, 0.1) is 0 Å². The van der Waals surface area contributed by atoms with Crippen LogP contribution in [0.15, 0.2) is 59.2 Å². The second kappa shape index (κ2) is 8.20. The average Bonchev–Trinajstić information content (AvgIpc) is 3.39. The van der Waals surface area contributed by atoms with Crippen molar-refractivity contribution >= 4 is 5.91 Å². The smallest absolute Gasteiger partial charge is 0.270 e. The maximum Gasteiger partial charge on any atom is 0.270 e. The molecule has 0 aliphatic carbocycles. The molecule has 1 saturated heterocycles. The number of carbonyl (C=O) groups is 1. The maximum atomic E-state index is 12.8. The Morgan fingerprint density at radius 3 is 2.70 bits per heavy atom. The van der Waals surface area contributed by atoms with Gasteiger partial charge < -0.3 is 15.1 Å². The molecule has 1 aromatic carbocycles. The van der Waals surface area contributed by atoms with Crippen LogP contribution in [-0.4, -0.2) is 59.9 Å². The van der Waals surface area contributed by atoms with Gasteiger partial charge >= 0.3 is 0 Å². The topological polar surface area (TPSA) is 75.3 Å². The summed E-state index contributed by atoms with van der Waals surface area (Å²) in [6.07, 6.45) is 1.60. The van der Waals surface area contributed by atoms with Gasteiger partial charge in [0.1, 0.15) is 11.4 Å². The van der Waals surface area contributed by atoms with E-state index in [9.17, 15) is 4.79 Å². The summed E-state index contributed by atoms with van der Waals surface area (Å²) in [6.45, 7) is 5.48. The Kier molecular flexibility index (Phi) is 5.32. The first kappa shape index (κ1) is 17.5. The van der Waals surface area contributed by atoms with Crippen LogP contribution in [0.3, 0.4) is 0 Å². The fourth-order valence-electron chi connectivity index (χ4n) is 3.21. The lowest BCUT2D eigenvalue weighted by Crippen LogP contribution is -2.46. The molecule has 1 fully saturated rings. The summed E-state index contributed by atoms with van der Waals surface area (Å²) in [5, 5.41) is 10.9. The molecule has 27 heavy (non-hydrogen) atoms. The molecular formula is C20H23N5O2. The van der Waals surface area contributed by atoms with E-state index < -0.39 is 0 Å². The molecule has 1 aliphatic rings. The summed E-state index contributed by atoms with van der Waals surface area (Å²) in [7, 11) is 0. The molecule has 0 bridgehead atoms. The Balaban J connectivity index is 1.52. The van der Waals surface area contributed by atoms with E-state index in [1.807, 2.05) is 42.5 Å². The molecule has 1 aliphatic heterocycles. The zero-order valence-corrected chi connectivity index (χ0v) is 15.1. The Bertz CT molecular complexity index is 867. The molecule has 2 N–H and O–H groups in total. The Morgan fingerprint density at radius 2 is 1.96 bits per heavy atom. The minimum atomic E-state index is -0.140. The third-order valence-electron chi connectivity index (χ3n) is 4.64. The molecule has 0 atom stereocenters. The van der Waals surface area contributed by atoms with Gasteiger partial charge in [0.15, 0.2) is 5.76 Å². The molecule has 2 aromatic heterocycles. The van der Waals surface area contributed by atoms with Gasteiger partial charge in [0.25, 0.3) is 5.91 Å². The van der Waals surface area contributed by atoms with Gasteiger partial charge in [0, 0.05) is 45.3 Å². The largest absolute Gasteiger partial charge is 0.463 e. The van der Waals surface area contributed by atoms with Crippen molar-refractivity contribution in [1.29, 1.82) is 0 Å². The van der Waals surface area contributed by atoms with Crippen molar-refractivity contribution in [2.24, 2.45) is 0 Å². The molecule has 0 radical (unpaired) electrons. The summed E-state index contributed by atoms with van der Waals surface area (Å²) in [4.78, 5) is 15.2. The lowest BCUT2D eigenvalue weighted by atomic mass is 10.2. The summed E-state index contributed by atoms with van der Waals surface area (Å²) < 4.78 is 7.11. The van der Waals surface area contributed by atoms with Gasteiger partial charge in [-0.2, -0.15) is 5.10 Å². The molecule has 0 spiro atoms. The van der Waals surface area contributed by atoms with E-state index in [0.717, 1.165) is 38.4 Å².